The molecule has 2 aliphatic rings. The van der Waals surface area contributed by atoms with Gasteiger partial charge in [-0.1, -0.05) is 0 Å². The van der Waals surface area contributed by atoms with Crippen LogP contribution in [0, 0.1) is 11.3 Å². The maximum Gasteiger partial charge on any atom is 0.165 e. The molecule has 2 heterocycles. The number of nitrogens with zero attached hydrogens (tertiary/aromatic N) is 4. The van der Waals surface area contributed by atoms with Gasteiger partial charge in [0.1, 0.15) is 17.9 Å². The first-order valence-electron chi connectivity index (χ1n) is 6.50. The summed E-state index contributed by atoms with van der Waals surface area (Å²) in [6.07, 6.45) is 1.71. The van der Waals surface area contributed by atoms with Crippen LogP contribution >= 0.6 is 0 Å². The molecule has 106 valence electrons. The standard InChI is InChI=1S/C12H15N5O3/c13-10-6-11(15-3-14-10)17(4-16-6)7-5-1-12(5,2-18)9(20)8(7)19/h3-5,7-9,18-20H,1-2H2,(H2,13,14,15)/t5-,7-,8-,9?,12+/m1/s1. The van der Waals surface area contributed by atoms with Crippen molar-refractivity contribution in [3.63, 3.8) is 0 Å². The van der Waals surface area contributed by atoms with Crippen molar-refractivity contribution >= 4 is 17.0 Å². The molecule has 0 amide bonds. The van der Waals surface area contributed by atoms with Crippen LogP contribution in [-0.4, -0.2) is 53.7 Å². The van der Waals surface area contributed by atoms with E-state index in [0.29, 0.717) is 17.6 Å². The molecule has 0 spiro atoms. The highest BCUT2D eigenvalue weighted by atomic mass is 16.3. The molecule has 5 atom stereocenters. The monoisotopic (exact) mass is 277 g/mol. The fourth-order valence-corrected chi connectivity index (χ4v) is 3.64. The average Bonchev–Trinajstić information content (AvgIpc) is 2.95. The maximum absolute atomic E-state index is 10.3. The van der Waals surface area contributed by atoms with E-state index in [4.69, 9.17) is 5.73 Å². The molecular formula is C12H15N5O3. The molecule has 8 heteroatoms. The maximum atomic E-state index is 10.3. The van der Waals surface area contributed by atoms with Gasteiger partial charge >= 0.3 is 0 Å². The van der Waals surface area contributed by atoms with E-state index in [2.05, 4.69) is 15.0 Å². The first-order valence-corrected chi connectivity index (χ1v) is 6.50. The lowest BCUT2D eigenvalue weighted by Gasteiger charge is -2.23. The second-order valence-corrected chi connectivity index (χ2v) is 5.71. The lowest BCUT2D eigenvalue weighted by Crippen LogP contribution is -2.35. The Kier molecular flexibility index (Phi) is 2.20. The van der Waals surface area contributed by atoms with E-state index in [1.807, 2.05) is 0 Å². The van der Waals surface area contributed by atoms with Gasteiger partial charge < -0.3 is 25.6 Å². The summed E-state index contributed by atoms with van der Waals surface area (Å²) in [5, 5.41) is 29.9. The highest BCUT2D eigenvalue weighted by molar-refractivity contribution is 5.81. The van der Waals surface area contributed by atoms with Crippen molar-refractivity contribution in [3.8, 4) is 0 Å². The normalized spacial score (nSPS) is 39.1. The third kappa shape index (κ3) is 1.23. The van der Waals surface area contributed by atoms with Crippen LogP contribution in [0.1, 0.15) is 12.5 Å². The van der Waals surface area contributed by atoms with E-state index in [1.165, 1.54) is 6.33 Å². The van der Waals surface area contributed by atoms with Crippen LogP contribution in [0.2, 0.25) is 0 Å². The van der Waals surface area contributed by atoms with Crippen molar-refractivity contribution in [2.75, 3.05) is 12.3 Å². The van der Waals surface area contributed by atoms with Crippen molar-refractivity contribution in [3.05, 3.63) is 12.7 Å². The fraction of sp³-hybridized carbons (Fsp3) is 0.583. The number of imidazole rings is 1. The van der Waals surface area contributed by atoms with Gasteiger partial charge in [-0.25, -0.2) is 15.0 Å². The number of hydrogen-bond donors (Lipinski definition) is 4. The van der Waals surface area contributed by atoms with E-state index in [1.54, 1.807) is 10.9 Å². The van der Waals surface area contributed by atoms with Gasteiger partial charge in [-0.15, -0.1) is 0 Å². The highest BCUT2D eigenvalue weighted by Crippen LogP contribution is 2.67. The first kappa shape index (κ1) is 12.0. The molecule has 0 radical (unpaired) electrons. The number of nitrogens with two attached hydrogens (primary N) is 1. The van der Waals surface area contributed by atoms with Gasteiger partial charge in [-0.05, 0) is 12.3 Å². The first-order chi connectivity index (χ1) is 9.60. The molecular weight excluding hydrogens is 262 g/mol. The molecule has 4 rings (SSSR count). The molecule has 2 saturated carbocycles. The Labute approximate surface area is 113 Å². The highest BCUT2D eigenvalue weighted by Gasteiger charge is 2.71. The summed E-state index contributed by atoms with van der Waals surface area (Å²) in [7, 11) is 0. The number of anilines is 1. The van der Waals surface area contributed by atoms with Crippen LogP contribution in [0.4, 0.5) is 5.82 Å². The Bertz CT molecular complexity index is 689. The quantitative estimate of drug-likeness (QED) is 0.535. The Morgan fingerprint density at radius 2 is 2.15 bits per heavy atom. The van der Waals surface area contributed by atoms with E-state index in [9.17, 15) is 15.3 Å². The molecule has 0 aliphatic heterocycles. The zero-order valence-electron chi connectivity index (χ0n) is 10.6. The van der Waals surface area contributed by atoms with Gasteiger partial charge in [-0.2, -0.15) is 0 Å². The predicted octanol–water partition coefficient (Wildman–Crippen LogP) is -1.32. The number of hydrogen-bond acceptors (Lipinski definition) is 7. The molecule has 2 fully saturated rings. The van der Waals surface area contributed by atoms with Crippen LogP contribution in [0.15, 0.2) is 12.7 Å². The number of aliphatic hydroxyl groups is 3. The van der Waals surface area contributed by atoms with Crippen LogP contribution in [0.25, 0.3) is 11.2 Å². The van der Waals surface area contributed by atoms with Gasteiger partial charge in [0.05, 0.1) is 25.1 Å². The lowest BCUT2D eigenvalue weighted by molar-refractivity contribution is -0.0300. The Morgan fingerprint density at radius 3 is 2.85 bits per heavy atom. The topological polar surface area (TPSA) is 130 Å². The summed E-state index contributed by atoms with van der Waals surface area (Å²) in [5.41, 5.74) is 6.18. The number of fused-ring (bicyclic) bond motifs is 2. The van der Waals surface area contributed by atoms with Gasteiger partial charge in [0.2, 0.25) is 0 Å². The van der Waals surface area contributed by atoms with Gasteiger partial charge in [0.25, 0.3) is 0 Å². The second-order valence-electron chi connectivity index (χ2n) is 5.71. The Morgan fingerprint density at radius 1 is 1.35 bits per heavy atom. The Balaban J connectivity index is 1.83. The average molecular weight is 277 g/mol. The van der Waals surface area contributed by atoms with Gasteiger partial charge in [-0.3, -0.25) is 0 Å². The number of aromatic nitrogens is 4. The van der Waals surface area contributed by atoms with E-state index < -0.39 is 17.6 Å². The molecule has 0 bridgehead atoms. The molecule has 5 N–H and O–H groups in total. The zero-order chi connectivity index (χ0) is 14.1. The largest absolute Gasteiger partial charge is 0.396 e. The minimum absolute atomic E-state index is 0.0195. The number of rotatable bonds is 2. The van der Waals surface area contributed by atoms with Crippen molar-refractivity contribution in [1.82, 2.24) is 19.5 Å². The molecule has 1 unspecified atom stereocenters. The summed E-state index contributed by atoms with van der Waals surface area (Å²) in [6.45, 7) is -0.129. The minimum Gasteiger partial charge on any atom is -0.396 e. The second kappa shape index (κ2) is 3.66. The fourth-order valence-electron chi connectivity index (χ4n) is 3.64. The smallest absolute Gasteiger partial charge is 0.165 e. The van der Waals surface area contributed by atoms with Crippen LogP contribution in [0.3, 0.4) is 0 Å². The molecule has 20 heavy (non-hydrogen) atoms. The van der Waals surface area contributed by atoms with Crippen molar-refractivity contribution in [1.29, 1.82) is 0 Å². The van der Waals surface area contributed by atoms with Crippen LogP contribution < -0.4 is 5.73 Å². The lowest BCUT2D eigenvalue weighted by atomic mass is 10.0. The summed E-state index contributed by atoms with van der Waals surface area (Å²) in [5.74, 6) is 0.303. The molecule has 2 aliphatic carbocycles. The van der Waals surface area contributed by atoms with E-state index in [-0.39, 0.29) is 24.4 Å². The third-order valence-corrected chi connectivity index (χ3v) is 4.86. The van der Waals surface area contributed by atoms with Crippen molar-refractivity contribution < 1.29 is 15.3 Å². The summed E-state index contributed by atoms with van der Waals surface area (Å²) < 4.78 is 1.73. The summed E-state index contributed by atoms with van der Waals surface area (Å²) >= 11 is 0. The van der Waals surface area contributed by atoms with Crippen molar-refractivity contribution in [2.45, 2.75) is 24.7 Å². The third-order valence-electron chi connectivity index (χ3n) is 4.86. The van der Waals surface area contributed by atoms with E-state index >= 15 is 0 Å². The summed E-state index contributed by atoms with van der Waals surface area (Å²) in [4.78, 5) is 12.2. The number of nitrogen functional groups attached to an aromatic ring is 1. The number of aliphatic hydroxyl groups excluding tert-OH is 3. The molecule has 0 aromatic carbocycles. The molecule has 2 aromatic heterocycles. The molecule has 2 aromatic rings. The van der Waals surface area contributed by atoms with Gasteiger partial charge in [0.15, 0.2) is 11.5 Å². The molecule has 0 saturated heterocycles. The minimum atomic E-state index is -0.950. The van der Waals surface area contributed by atoms with Gasteiger partial charge in [0, 0.05) is 5.41 Å². The SMILES string of the molecule is Nc1ncnc2c1ncn2[C@@H]1[C@H]2C[C@@]2(CO)C(O)[C@@H]1O. The van der Waals surface area contributed by atoms with E-state index in [0.717, 1.165) is 0 Å². The van der Waals surface area contributed by atoms with Crippen LogP contribution in [-0.2, 0) is 0 Å². The summed E-state index contributed by atoms with van der Waals surface area (Å²) in [6, 6.07) is -0.351. The van der Waals surface area contributed by atoms with Crippen molar-refractivity contribution in [2.24, 2.45) is 11.3 Å². The van der Waals surface area contributed by atoms with Crippen LogP contribution in [0.5, 0.6) is 0 Å². The molecule has 8 nitrogen and oxygen atoms in total. The zero-order valence-corrected chi connectivity index (χ0v) is 10.6. The Hall–Kier alpha value is -1.77. The predicted molar refractivity (Wildman–Crippen MR) is 68.4 cm³/mol.